The van der Waals surface area contributed by atoms with E-state index in [2.05, 4.69) is 0 Å². The molecule has 0 saturated heterocycles. The van der Waals surface area contributed by atoms with Gasteiger partial charge in [-0.25, -0.2) is 0 Å². The van der Waals surface area contributed by atoms with Crippen molar-refractivity contribution >= 4 is 16.6 Å². The van der Waals surface area contributed by atoms with Gasteiger partial charge in [-0.15, -0.1) is 0 Å². The van der Waals surface area contributed by atoms with Gasteiger partial charge in [0.25, 0.3) is 0 Å². The van der Waals surface area contributed by atoms with Gasteiger partial charge in [0, 0.05) is 22.1 Å². The van der Waals surface area contributed by atoms with Gasteiger partial charge >= 0.3 is 0 Å². The summed E-state index contributed by atoms with van der Waals surface area (Å²) in [6.45, 7) is 0. The lowest BCUT2D eigenvalue weighted by atomic mass is 9.84. The zero-order valence-electron chi connectivity index (χ0n) is 10.6. The van der Waals surface area contributed by atoms with Crippen molar-refractivity contribution in [3.05, 3.63) is 82.0 Å². The Morgan fingerprint density at radius 3 is 2.05 bits per heavy atom. The summed E-state index contributed by atoms with van der Waals surface area (Å²) in [5.41, 5.74) is 2.43. The lowest BCUT2D eigenvalue weighted by Crippen LogP contribution is -2.14. The molecule has 0 amide bonds. The van der Waals surface area contributed by atoms with Gasteiger partial charge in [0.2, 0.25) is 0 Å². The molecule has 3 aromatic carbocycles. The van der Waals surface area contributed by atoms with E-state index in [1.165, 1.54) is 6.07 Å². The number of rotatable bonds is 0. The van der Waals surface area contributed by atoms with Gasteiger partial charge < -0.3 is 0 Å². The predicted octanol–water partition coefficient (Wildman–Crippen LogP) is 3.41. The van der Waals surface area contributed by atoms with Crippen LogP contribution in [0.25, 0.3) is 21.9 Å². The van der Waals surface area contributed by atoms with E-state index in [9.17, 15) is 9.59 Å². The highest BCUT2D eigenvalue weighted by molar-refractivity contribution is 6.25. The van der Waals surface area contributed by atoms with Crippen LogP contribution >= 0.6 is 0 Å². The van der Waals surface area contributed by atoms with Gasteiger partial charge in [-0.05, 0) is 17.0 Å². The summed E-state index contributed by atoms with van der Waals surface area (Å²) in [5, 5.41) is 1.88. The van der Waals surface area contributed by atoms with E-state index < -0.39 is 0 Å². The van der Waals surface area contributed by atoms with Crippen molar-refractivity contribution < 1.29 is 4.79 Å². The fraction of sp³-hybridized carbons (Fsp3) is 0. The first-order valence-electron chi connectivity index (χ1n) is 6.47. The fourth-order valence-electron chi connectivity index (χ4n) is 2.94. The number of ketones is 1. The highest BCUT2D eigenvalue weighted by atomic mass is 16.1. The van der Waals surface area contributed by atoms with Crippen LogP contribution in [-0.4, -0.2) is 5.78 Å². The third-order valence-electron chi connectivity index (χ3n) is 3.80. The zero-order valence-corrected chi connectivity index (χ0v) is 10.6. The Morgan fingerprint density at radius 2 is 1.25 bits per heavy atom. The van der Waals surface area contributed by atoms with E-state index >= 15 is 0 Å². The summed E-state index contributed by atoms with van der Waals surface area (Å²) in [7, 11) is 0. The standard InChI is InChI=1S/C18H10O2/c19-15-10-2-1-7-14-17(15)12-8-3-5-11-6-4-9-13(16(11)12)18(14)20/h1-10H. The van der Waals surface area contributed by atoms with Crippen molar-refractivity contribution in [1.29, 1.82) is 0 Å². The number of carbonyl (C=O) groups is 1. The maximum atomic E-state index is 12.6. The summed E-state index contributed by atoms with van der Waals surface area (Å²) in [6.07, 6.45) is 0. The van der Waals surface area contributed by atoms with Crippen LogP contribution in [0.1, 0.15) is 15.9 Å². The van der Waals surface area contributed by atoms with Crippen LogP contribution < -0.4 is 5.43 Å². The molecule has 94 valence electrons. The van der Waals surface area contributed by atoms with E-state index in [1.807, 2.05) is 36.4 Å². The second-order valence-electron chi connectivity index (χ2n) is 4.91. The predicted molar refractivity (Wildman–Crippen MR) is 79.1 cm³/mol. The minimum absolute atomic E-state index is 0.0717. The summed E-state index contributed by atoms with van der Waals surface area (Å²) < 4.78 is 0. The monoisotopic (exact) mass is 258 g/mol. The smallest absolute Gasteiger partial charge is 0.194 e. The molecule has 0 spiro atoms. The van der Waals surface area contributed by atoms with Crippen LogP contribution in [-0.2, 0) is 0 Å². The molecule has 0 atom stereocenters. The van der Waals surface area contributed by atoms with Crippen LogP contribution in [0.4, 0.5) is 0 Å². The second kappa shape index (κ2) is 3.87. The second-order valence-corrected chi connectivity index (χ2v) is 4.91. The van der Waals surface area contributed by atoms with Crippen molar-refractivity contribution in [3.8, 4) is 11.1 Å². The van der Waals surface area contributed by atoms with E-state index in [0.717, 1.165) is 16.3 Å². The molecule has 2 heteroatoms. The highest BCUT2D eigenvalue weighted by Crippen LogP contribution is 2.36. The fourth-order valence-corrected chi connectivity index (χ4v) is 2.94. The maximum Gasteiger partial charge on any atom is 0.194 e. The first-order valence-corrected chi connectivity index (χ1v) is 6.47. The molecule has 0 saturated carbocycles. The largest absolute Gasteiger partial charge is 0.289 e. The Morgan fingerprint density at radius 1 is 0.600 bits per heavy atom. The molecule has 4 rings (SSSR count). The number of carbonyl (C=O) groups excluding carboxylic acids is 1. The van der Waals surface area contributed by atoms with Crippen LogP contribution in [0.2, 0.25) is 0 Å². The average molecular weight is 258 g/mol. The van der Waals surface area contributed by atoms with E-state index in [4.69, 9.17) is 0 Å². The number of fused-ring (bicyclic) bond motifs is 2. The number of hydrogen-bond acceptors (Lipinski definition) is 2. The minimum Gasteiger partial charge on any atom is -0.289 e. The molecule has 0 radical (unpaired) electrons. The van der Waals surface area contributed by atoms with Crippen molar-refractivity contribution in [2.24, 2.45) is 0 Å². The summed E-state index contributed by atoms with van der Waals surface area (Å²) in [5.74, 6) is -0.0717. The van der Waals surface area contributed by atoms with E-state index in [-0.39, 0.29) is 11.2 Å². The molecule has 0 aromatic heterocycles. The van der Waals surface area contributed by atoms with Crippen molar-refractivity contribution in [1.82, 2.24) is 0 Å². The Labute approximate surface area is 115 Å². The Bertz CT molecular complexity index is 934. The van der Waals surface area contributed by atoms with Gasteiger partial charge in [-0.3, -0.25) is 9.59 Å². The summed E-state index contributed by atoms with van der Waals surface area (Å²) in [6, 6.07) is 18.1. The minimum atomic E-state index is -0.111. The highest BCUT2D eigenvalue weighted by Gasteiger charge is 2.25. The third-order valence-corrected chi connectivity index (χ3v) is 3.80. The number of hydrogen-bond donors (Lipinski definition) is 0. The average Bonchev–Trinajstić information content (AvgIpc) is 2.67. The molecular formula is C18H10O2. The molecular weight excluding hydrogens is 248 g/mol. The van der Waals surface area contributed by atoms with Crippen molar-refractivity contribution in [2.75, 3.05) is 0 Å². The molecule has 0 unspecified atom stereocenters. The Kier molecular flexibility index (Phi) is 2.15. The molecule has 2 nitrogen and oxygen atoms in total. The van der Waals surface area contributed by atoms with Crippen LogP contribution in [0.5, 0.6) is 0 Å². The van der Waals surface area contributed by atoms with Crippen LogP contribution in [0, 0.1) is 0 Å². The molecule has 1 aliphatic carbocycles. The van der Waals surface area contributed by atoms with E-state index in [1.54, 1.807) is 18.2 Å². The maximum absolute atomic E-state index is 12.6. The van der Waals surface area contributed by atoms with Crippen LogP contribution in [0.3, 0.4) is 0 Å². The summed E-state index contributed by atoms with van der Waals surface area (Å²) >= 11 is 0. The van der Waals surface area contributed by atoms with Gasteiger partial charge in [0.05, 0.1) is 0 Å². The van der Waals surface area contributed by atoms with Crippen molar-refractivity contribution in [3.63, 3.8) is 0 Å². The van der Waals surface area contributed by atoms with E-state index in [0.29, 0.717) is 16.7 Å². The zero-order chi connectivity index (χ0) is 13.7. The van der Waals surface area contributed by atoms with Gasteiger partial charge in [-0.1, -0.05) is 54.6 Å². The molecule has 0 heterocycles. The number of benzene rings is 2. The SMILES string of the molecule is O=C1c2ccccc(=O)c2-c2cccc3cccc1c23. The van der Waals surface area contributed by atoms with Gasteiger partial charge in [-0.2, -0.15) is 0 Å². The molecule has 3 aromatic rings. The molecule has 0 fully saturated rings. The Hall–Kier alpha value is -2.74. The van der Waals surface area contributed by atoms with Gasteiger partial charge in [0.1, 0.15) is 0 Å². The first-order chi connectivity index (χ1) is 9.77. The molecule has 0 bridgehead atoms. The first kappa shape index (κ1) is 11.1. The lowest BCUT2D eigenvalue weighted by molar-refractivity contribution is 0.104. The van der Waals surface area contributed by atoms with Crippen LogP contribution in [0.15, 0.2) is 65.5 Å². The summed E-state index contributed by atoms with van der Waals surface area (Å²) in [4.78, 5) is 25.0. The third kappa shape index (κ3) is 1.33. The molecule has 20 heavy (non-hydrogen) atoms. The molecule has 0 aliphatic heterocycles. The van der Waals surface area contributed by atoms with Gasteiger partial charge in [0.15, 0.2) is 11.2 Å². The molecule has 1 aliphatic rings. The normalized spacial score (nSPS) is 12.3. The molecule has 0 N–H and O–H groups in total. The van der Waals surface area contributed by atoms with Crippen molar-refractivity contribution in [2.45, 2.75) is 0 Å². The lowest BCUT2D eigenvalue weighted by Gasteiger charge is -2.17. The Balaban J connectivity index is 2.33. The topological polar surface area (TPSA) is 34.1 Å². The quantitative estimate of drug-likeness (QED) is 0.484.